The second-order valence-electron chi connectivity index (χ2n) is 6.94. The van der Waals surface area contributed by atoms with Crippen LogP contribution in [0.15, 0.2) is 47.6 Å². The molecule has 2 aromatic rings. The van der Waals surface area contributed by atoms with Gasteiger partial charge in [0.25, 0.3) is 5.91 Å². The van der Waals surface area contributed by atoms with Crippen LogP contribution in [0.2, 0.25) is 5.02 Å². The zero-order valence-corrected chi connectivity index (χ0v) is 17.9. The van der Waals surface area contributed by atoms with Crippen LogP contribution in [0.3, 0.4) is 0 Å². The van der Waals surface area contributed by atoms with Crippen molar-refractivity contribution in [3.63, 3.8) is 0 Å². The molecule has 3 rings (SSSR count). The predicted octanol–water partition coefficient (Wildman–Crippen LogP) is 2.67. The van der Waals surface area contributed by atoms with Crippen molar-refractivity contribution in [2.45, 2.75) is 30.6 Å². The Labute approximate surface area is 180 Å². The van der Waals surface area contributed by atoms with Gasteiger partial charge in [-0.3, -0.25) is 14.6 Å². The molecule has 10 heteroatoms. The molecule has 0 atom stereocenters. The quantitative estimate of drug-likeness (QED) is 0.703. The molecule has 0 bridgehead atoms. The second-order valence-corrected chi connectivity index (χ2v) is 9.25. The second kappa shape index (κ2) is 10.0. The fraction of sp³-hybridized carbons (Fsp3) is 0.350. The molecule has 2 heterocycles. The lowest BCUT2D eigenvalue weighted by atomic mass is 10.2. The van der Waals surface area contributed by atoms with E-state index in [2.05, 4.69) is 15.6 Å². The fourth-order valence-electron chi connectivity index (χ4n) is 3.17. The van der Waals surface area contributed by atoms with Gasteiger partial charge in [-0.1, -0.05) is 24.4 Å². The summed E-state index contributed by atoms with van der Waals surface area (Å²) in [4.78, 5) is 28.3. The van der Waals surface area contributed by atoms with Crippen LogP contribution >= 0.6 is 11.6 Å². The number of amides is 2. The molecular weight excluding hydrogens is 428 g/mol. The minimum atomic E-state index is -3.81. The Morgan fingerprint density at radius 2 is 1.83 bits per heavy atom. The summed E-state index contributed by atoms with van der Waals surface area (Å²) in [6.07, 6.45) is 6.63. The SMILES string of the molecule is O=C(CNC(=O)c1ccc(Cl)c(S(=O)(=O)N2CCCCCC2)c1)Nc1cccnc1. The summed E-state index contributed by atoms with van der Waals surface area (Å²) in [5.41, 5.74) is 0.621. The van der Waals surface area contributed by atoms with Crippen molar-refractivity contribution in [3.8, 4) is 0 Å². The van der Waals surface area contributed by atoms with E-state index in [-0.39, 0.29) is 22.0 Å². The first-order chi connectivity index (χ1) is 14.4. The minimum Gasteiger partial charge on any atom is -0.343 e. The highest BCUT2D eigenvalue weighted by Gasteiger charge is 2.28. The lowest BCUT2D eigenvalue weighted by Gasteiger charge is -2.21. The number of nitrogens with one attached hydrogen (secondary N) is 2. The lowest BCUT2D eigenvalue weighted by molar-refractivity contribution is -0.115. The van der Waals surface area contributed by atoms with E-state index in [9.17, 15) is 18.0 Å². The number of hydrogen-bond donors (Lipinski definition) is 2. The highest BCUT2D eigenvalue weighted by molar-refractivity contribution is 7.89. The third-order valence-corrected chi connectivity index (χ3v) is 7.11. The van der Waals surface area contributed by atoms with Gasteiger partial charge in [-0.05, 0) is 43.2 Å². The molecule has 2 N–H and O–H groups in total. The molecule has 30 heavy (non-hydrogen) atoms. The van der Waals surface area contributed by atoms with Gasteiger partial charge in [0, 0.05) is 24.8 Å². The third kappa shape index (κ3) is 5.56. The third-order valence-electron chi connectivity index (χ3n) is 4.73. The highest BCUT2D eigenvalue weighted by Crippen LogP contribution is 2.27. The van der Waals surface area contributed by atoms with Crippen LogP contribution < -0.4 is 10.6 Å². The lowest BCUT2D eigenvalue weighted by Crippen LogP contribution is -2.34. The Bertz CT molecular complexity index is 1010. The monoisotopic (exact) mass is 450 g/mol. The van der Waals surface area contributed by atoms with Crippen LogP contribution in [0.4, 0.5) is 5.69 Å². The van der Waals surface area contributed by atoms with E-state index in [1.54, 1.807) is 18.3 Å². The molecule has 1 fully saturated rings. The Morgan fingerprint density at radius 3 is 2.50 bits per heavy atom. The maximum atomic E-state index is 13.0. The standard InChI is InChI=1S/C20H23ClN4O4S/c21-17-8-7-15(12-18(17)30(28,29)25-10-3-1-2-4-11-25)20(27)23-14-19(26)24-16-6-5-9-22-13-16/h5-9,12-13H,1-4,10-11,14H2,(H,23,27)(H,24,26). The Morgan fingerprint density at radius 1 is 1.10 bits per heavy atom. The number of rotatable bonds is 6. The number of aromatic nitrogens is 1. The zero-order chi connectivity index (χ0) is 21.6. The van der Waals surface area contributed by atoms with E-state index in [1.807, 2.05) is 0 Å². The van der Waals surface area contributed by atoms with Crippen molar-refractivity contribution in [3.05, 3.63) is 53.3 Å². The van der Waals surface area contributed by atoms with Crippen molar-refractivity contribution < 1.29 is 18.0 Å². The number of carbonyl (C=O) groups is 2. The molecule has 1 aliphatic rings. The summed E-state index contributed by atoms with van der Waals surface area (Å²) in [7, 11) is -3.81. The molecule has 1 aromatic carbocycles. The topological polar surface area (TPSA) is 108 Å². The summed E-state index contributed by atoms with van der Waals surface area (Å²) in [5.74, 6) is -0.997. The Kier molecular flexibility index (Phi) is 7.41. The molecule has 1 saturated heterocycles. The molecule has 1 aromatic heterocycles. The zero-order valence-electron chi connectivity index (χ0n) is 16.3. The molecular formula is C20H23ClN4O4S. The van der Waals surface area contributed by atoms with Crippen molar-refractivity contribution in [2.75, 3.05) is 25.0 Å². The molecule has 0 unspecified atom stereocenters. The van der Waals surface area contributed by atoms with Crippen LogP contribution in [-0.4, -0.2) is 49.2 Å². The number of hydrogen-bond acceptors (Lipinski definition) is 5. The van der Waals surface area contributed by atoms with Gasteiger partial charge in [-0.2, -0.15) is 4.31 Å². The first kappa shape index (κ1) is 22.2. The van der Waals surface area contributed by atoms with Gasteiger partial charge in [0.1, 0.15) is 4.90 Å². The van der Waals surface area contributed by atoms with Crippen LogP contribution in [-0.2, 0) is 14.8 Å². The van der Waals surface area contributed by atoms with Gasteiger partial charge in [-0.15, -0.1) is 0 Å². The van der Waals surface area contributed by atoms with E-state index < -0.39 is 21.8 Å². The van der Waals surface area contributed by atoms with Crippen molar-refractivity contribution >= 4 is 39.1 Å². The maximum Gasteiger partial charge on any atom is 0.251 e. The van der Waals surface area contributed by atoms with Crippen LogP contribution in [0.5, 0.6) is 0 Å². The van der Waals surface area contributed by atoms with Crippen molar-refractivity contribution in [1.29, 1.82) is 0 Å². The largest absolute Gasteiger partial charge is 0.343 e. The number of carbonyl (C=O) groups excluding carboxylic acids is 2. The van der Waals surface area contributed by atoms with Crippen LogP contribution in [0.1, 0.15) is 36.0 Å². The van der Waals surface area contributed by atoms with E-state index in [4.69, 9.17) is 11.6 Å². The van der Waals surface area contributed by atoms with E-state index >= 15 is 0 Å². The van der Waals surface area contributed by atoms with Gasteiger partial charge in [0.2, 0.25) is 15.9 Å². The first-order valence-electron chi connectivity index (χ1n) is 9.66. The highest BCUT2D eigenvalue weighted by atomic mass is 35.5. The van der Waals surface area contributed by atoms with E-state index in [1.165, 1.54) is 28.7 Å². The minimum absolute atomic E-state index is 0.0603. The molecule has 8 nitrogen and oxygen atoms in total. The number of pyridine rings is 1. The number of nitrogens with zero attached hydrogens (tertiary/aromatic N) is 2. The van der Waals surface area contributed by atoms with E-state index in [0.717, 1.165) is 25.7 Å². The van der Waals surface area contributed by atoms with Gasteiger partial charge in [0.15, 0.2) is 0 Å². The summed E-state index contributed by atoms with van der Waals surface area (Å²) in [6.45, 7) is 0.595. The number of benzene rings is 1. The van der Waals surface area contributed by atoms with Gasteiger partial charge >= 0.3 is 0 Å². The summed E-state index contributed by atoms with van der Waals surface area (Å²) < 4.78 is 27.5. The maximum absolute atomic E-state index is 13.0. The molecule has 0 radical (unpaired) electrons. The summed E-state index contributed by atoms with van der Waals surface area (Å²) in [6, 6.07) is 7.42. The van der Waals surface area contributed by atoms with Crippen LogP contribution in [0.25, 0.3) is 0 Å². The molecule has 0 spiro atoms. The smallest absolute Gasteiger partial charge is 0.251 e. The normalized spacial score (nSPS) is 15.2. The Hall–Kier alpha value is -2.49. The Balaban J connectivity index is 1.69. The van der Waals surface area contributed by atoms with Crippen molar-refractivity contribution in [1.82, 2.24) is 14.6 Å². The average Bonchev–Trinajstić information content (AvgIpc) is 3.03. The predicted molar refractivity (Wildman–Crippen MR) is 114 cm³/mol. The first-order valence-corrected chi connectivity index (χ1v) is 11.5. The number of halogens is 1. The fourth-order valence-corrected chi connectivity index (χ4v) is 5.19. The number of sulfonamides is 1. The average molecular weight is 451 g/mol. The molecule has 2 amide bonds. The van der Waals surface area contributed by atoms with Crippen molar-refractivity contribution in [2.24, 2.45) is 0 Å². The van der Waals surface area contributed by atoms with Crippen LogP contribution in [0, 0.1) is 0 Å². The van der Waals surface area contributed by atoms with Gasteiger partial charge in [0.05, 0.1) is 23.5 Å². The summed E-state index contributed by atoms with van der Waals surface area (Å²) in [5, 5.41) is 5.15. The van der Waals surface area contributed by atoms with Gasteiger partial charge < -0.3 is 10.6 Å². The molecule has 0 aliphatic carbocycles. The summed E-state index contributed by atoms with van der Waals surface area (Å²) >= 11 is 6.16. The van der Waals surface area contributed by atoms with Gasteiger partial charge in [-0.25, -0.2) is 8.42 Å². The molecule has 0 saturated carbocycles. The molecule has 1 aliphatic heterocycles. The van der Waals surface area contributed by atoms with E-state index in [0.29, 0.717) is 18.8 Å². The molecule has 160 valence electrons. The number of anilines is 1.